The van der Waals surface area contributed by atoms with Gasteiger partial charge in [-0.1, -0.05) is 51.3 Å². The van der Waals surface area contributed by atoms with Gasteiger partial charge in [0, 0.05) is 53.8 Å². The molecule has 0 bridgehead atoms. The van der Waals surface area contributed by atoms with Gasteiger partial charge in [-0.2, -0.15) is 4.31 Å². The SMILES string of the molecule is CN(C)c1ccc(C(=O)NC2CN(S(=O)(=O)c3ccc(Cl)cc3Cl)C3CN(C4CC4)C(=O)C(Cc4ccc(Br)cc4)N3C2=O)cc1. The molecule has 3 atom stereocenters. The minimum Gasteiger partial charge on any atom is -0.378 e. The van der Waals surface area contributed by atoms with Crippen molar-refractivity contribution in [2.75, 3.05) is 32.1 Å². The number of carbonyl (C=O) groups is 3. The van der Waals surface area contributed by atoms with E-state index in [1.165, 1.54) is 27.4 Å². The van der Waals surface area contributed by atoms with Gasteiger partial charge >= 0.3 is 0 Å². The summed E-state index contributed by atoms with van der Waals surface area (Å²) in [7, 11) is -0.596. The number of sulfonamides is 1. The summed E-state index contributed by atoms with van der Waals surface area (Å²) in [6, 6.07) is 16.0. The van der Waals surface area contributed by atoms with Crippen molar-refractivity contribution in [2.24, 2.45) is 0 Å². The predicted molar refractivity (Wildman–Crippen MR) is 179 cm³/mol. The molecule has 2 heterocycles. The Labute approximate surface area is 286 Å². The third kappa shape index (κ3) is 6.37. The smallest absolute Gasteiger partial charge is 0.251 e. The zero-order chi connectivity index (χ0) is 32.9. The molecule has 3 aliphatic rings. The van der Waals surface area contributed by atoms with Crippen LogP contribution in [0, 0.1) is 0 Å². The summed E-state index contributed by atoms with van der Waals surface area (Å²) in [6.07, 6.45) is 0.757. The van der Waals surface area contributed by atoms with Crippen LogP contribution in [0.5, 0.6) is 0 Å². The number of fused-ring (bicyclic) bond motifs is 1. The fourth-order valence-electron chi connectivity index (χ4n) is 6.04. The lowest BCUT2D eigenvalue weighted by molar-refractivity contribution is -0.167. The van der Waals surface area contributed by atoms with Crippen LogP contribution < -0.4 is 10.2 Å². The molecule has 1 saturated carbocycles. The summed E-state index contributed by atoms with van der Waals surface area (Å²) in [5.41, 5.74) is 1.98. The highest BCUT2D eigenvalue weighted by Gasteiger charge is 2.55. The van der Waals surface area contributed by atoms with Crippen molar-refractivity contribution in [3.8, 4) is 0 Å². The maximum atomic E-state index is 14.4. The highest BCUT2D eigenvalue weighted by Crippen LogP contribution is 2.38. The van der Waals surface area contributed by atoms with E-state index in [-0.39, 0.29) is 46.4 Å². The Balaban J connectivity index is 1.41. The Bertz CT molecular complexity index is 1790. The van der Waals surface area contributed by atoms with Crippen molar-refractivity contribution in [3.05, 3.63) is 92.4 Å². The van der Waals surface area contributed by atoms with Crippen molar-refractivity contribution < 1.29 is 22.8 Å². The molecule has 3 fully saturated rings. The van der Waals surface area contributed by atoms with Crippen LogP contribution in [-0.2, 0) is 26.0 Å². The molecule has 3 aromatic rings. The van der Waals surface area contributed by atoms with Crippen LogP contribution in [0.1, 0.15) is 28.8 Å². The maximum absolute atomic E-state index is 14.4. The second kappa shape index (κ2) is 12.8. The normalized spacial score (nSPS) is 22.1. The van der Waals surface area contributed by atoms with E-state index in [0.717, 1.165) is 28.6 Å². The summed E-state index contributed by atoms with van der Waals surface area (Å²) in [4.78, 5) is 46.6. The molecule has 3 amide bonds. The monoisotopic (exact) mass is 747 g/mol. The number of rotatable bonds is 8. The third-order valence-electron chi connectivity index (χ3n) is 8.59. The maximum Gasteiger partial charge on any atom is 0.251 e. The predicted octanol–water partition coefficient (Wildman–Crippen LogP) is 4.40. The number of hydrogen-bond acceptors (Lipinski definition) is 6. The van der Waals surface area contributed by atoms with Gasteiger partial charge in [-0.05, 0) is 73.0 Å². The fraction of sp³-hybridized carbons (Fsp3) is 0.344. The van der Waals surface area contributed by atoms with E-state index in [1.807, 2.05) is 43.3 Å². The van der Waals surface area contributed by atoms with E-state index >= 15 is 0 Å². The van der Waals surface area contributed by atoms with Crippen LogP contribution in [0.3, 0.4) is 0 Å². The van der Waals surface area contributed by atoms with Crippen LogP contribution in [0.15, 0.2) is 76.1 Å². The van der Waals surface area contributed by atoms with Crippen LogP contribution in [-0.4, -0.2) is 91.7 Å². The zero-order valence-corrected chi connectivity index (χ0v) is 29.0. The van der Waals surface area contributed by atoms with Crippen LogP contribution >= 0.6 is 39.1 Å². The molecule has 0 aromatic heterocycles. The van der Waals surface area contributed by atoms with Gasteiger partial charge in [-0.15, -0.1) is 0 Å². The molecule has 2 saturated heterocycles. The van der Waals surface area contributed by atoms with E-state index in [2.05, 4.69) is 21.2 Å². The van der Waals surface area contributed by atoms with E-state index in [1.54, 1.807) is 29.2 Å². The molecule has 3 unspecified atom stereocenters. The van der Waals surface area contributed by atoms with Crippen LogP contribution in [0.25, 0.3) is 0 Å². The quantitative estimate of drug-likeness (QED) is 0.366. The number of hydrogen-bond donors (Lipinski definition) is 1. The number of carbonyl (C=O) groups excluding carboxylic acids is 3. The minimum atomic E-state index is -4.35. The first-order valence-corrected chi connectivity index (χ1v) is 17.8. The molecule has 1 N–H and O–H groups in total. The largest absolute Gasteiger partial charge is 0.378 e. The first kappa shape index (κ1) is 32.8. The Hall–Kier alpha value is -3.16. The number of anilines is 1. The highest BCUT2D eigenvalue weighted by atomic mass is 79.9. The standard InChI is InChI=1S/C32H32BrCl2N5O5S/c1-37(2)23-10-5-20(6-11-23)30(41)36-26-17-39(46(44,45)28-14-9-22(34)16-25(28)35)29-18-38(24-12-13-24)32(43)27(40(29)31(26)42)15-19-3-7-21(33)8-4-19/h3-11,14,16,24,26-27,29H,12-13,15,17-18H2,1-2H3,(H,36,41). The third-order valence-corrected chi connectivity index (χ3v) is 11.7. The van der Waals surface area contributed by atoms with Gasteiger partial charge in [0.25, 0.3) is 5.91 Å². The molecule has 10 nitrogen and oxygen atoms in total. The van der Waals surface area contributed by atoms with Crippen molar-refractivity contribution >= 4 is 72.6 Å². The van der Waals surface area contributed by atoms with Crippen molar-refractivity contribution in [3.63, 3.8) is 0 Å². The average Bonchev–Trinajstić information content (AvgIpc) is 3.86. The molecule has 0 radical (unpaired) electrons. The highest BCUT2D eigenvalue weighted by molar-refractivity contribution is 9.10. The molecule has 0 spiro atoms. The lowest BCUT2D eigenvalue weighted by atomic mass is 9.97. The summed E-state index contributed by atoms with van der Waals surface area (Å²) in [6.45, 7) is -0.344. The second-order valence-corrected chi connectivity index (χ2v) is 15.5. The fourth-order valence-corrected chi connectivity index (χ4v) is 8.63. The topological polar surface area (TPSA) is 110 Å². The lowest BCUT2D eigenvalue weighted by Gasteiger charge is -2.53. The van der Waals surface area contributed by atoms with Gasteiger partial charge in [-0.3, -0.25) is 14.4 Å². The summed E-state index contributed by atoms with van der Waals surface area (Å²) in [5.74, 6) is -1.32. The van der Waals surface area contributed by atoms with E-state index in [9.17, 15) is 22.8 Å². The Morgan fingerprint density at radius 3 is 2.24 bits per heavy atom. The van der Waals surface area contributed by atoms with Gasteiger partial charge in [0.15, 0.2) is 0 Å². The number of amides is 3. The molecule has 3 aromatic carbocycles. The zero-order valence-electron chi connectivity index (χ0n) is 25.1. The summed E-state index contributed by atoms with van der Waals surface area (Å²) in [5, 5.41) is 2.95. The van der Waals surface area contributed by atoms with Gasteiger partial charge in [-0.25, -0.2) is 8.42 Å². The number of halogens is 3. The minimum absolute atomic E-state index is 0.00316. The molecule has 1 aliphatic carbocycles. The number of piperazine rings is 1. The second-order valence-electron chi connectivity index (χ2n) is 11.9. The first-order valence-electron chi connectivity index (χ1n) is 14.8. The average molecular weight is 750 g/mol. The number of nitrogens with one attached hydrogen (secondary N) is 1. The van der Waals surface area contributed by atoms with Crippen LogP contribution in [0.2, 0.25) is 10.0 Å². The molecule has 242 valence electrons. The van der Waals surface area contributed by atoms with E-state index in [4.69, 9.17) is 23.2 Å². The number of benzene rings is 3. The molecule has 2 aliphatic heterocycles. The Kier molecular flexibility index (Phi) is 9.12. The molecule has 14 heteroatoms. The van der Waals surface area contributed by atoms with Crippen LogP contribution in [0.4, 0.5) is 5.69 Å². The lowest BCUT2D eigenvalue weighted by Crippen LogP contribution is -2.76. The van der Waals surface area contributed by atoms with E-state index in [0.29, 0.717) is 5.56 Å². The first-order chi connectivity index (χ1) is 21.8. The Morgan fingerprint density at radius 1 is 0.957 bits per heavy atom. The molecular formula is C32H32BrCl2N5O5S. The number of nitrogens with zero attached hydrogens (tertiary/aromatic N) is 4. The van der Waals surface area contributed by atoms with Gasteiger partial charge < -0.3 is 20.0 Å². The van der Waals surface area contributed by atoms with Gasteiger partial charge in [0.2, 0.25) is 21.8 Å². The summed E-state index contributed by atoms with van der Waals surface area (Å²) >= 11 is 15.9. The van der Waals surface area contributed by atoms with Crippen molar-refractivity contribution in [1.82, 2.24) is 19.4 Å². The van der Waals surface area contributed by atoms with Gasteiger partial charge in [0.1, 0.15) is 23.1 Å². The van der Waals surface area contributed by atoms with Crippen molar-refractivity contribution in [1.29, 1.82) is 0 Å². The Morgan fingerprint density at radius 2 is 1.63 bits per heavy atom. The van der Waals surface area contributed by atoms with Gasteiger partial charge in [0.05, 0.1) is 11.6 Å². The molecular weight excluding hydrogens is 717 g/mol. The molecule has 46 heavy (non-hydrogen) atoms. The van der Waals surface area contributed by atoms with E-state index < -0.39 is 40.1 Å². The molecule has 6 rings (SSSR count). The van der Waals surface area contributed by atoms with Crippen molar-refractivity contribution in [2.45, 2.75) is 48.4 Å². The summed E-state index contributed by atoms with van der Waals surface area (Å²) < 4.78 is 30.8.